The Morgan fingerprint density at radius 3 is 2.94 bits per heavy atom. The van der Waals surface area contributed by atoms with Crippen LogP contribution in [-0.4, -0.2) is 17.1 Å². The normalized spacial score (nSPS) is 11.9. The van der Waals surface area contributed by atoms with Crippen LogP contribution < -0.4 is 16.8 Å². The molecule has 2 aromatic rings. The fraction of sp³-hybridized carbons (Fsp3) is 0.417. The molecule has 5 heteroatoms. The third-order valence-corrected chi connectivity index (χ3v) is 2.67. The number of aromatic nitrogens is 1. The highest BCUT2D eigenvalue weighted by molar-refractivity contribution is 5.76. The van der Waals surface area contributed by atoms with Gasteiger partial charge in [0.1, 0.15) is 0 Å². The topological polar surface area (TPSA) is 84.0 Å². The molecule has 0 unspecified atom stereocenters. The number of hydrogen-bond donors (Lipinski definition) is 3. The predicted molar refractivity (Wildman–Crippen MR) is 68.2 cm³/mol. The van der Waals surface area contributed by atoms with Crippen molar-refractivity contribution < 1.29 is 4.42 Å². The van der Waals surface area contributed by atoms with E-state index in [4.69, 9.17) is 10.2 Å². The average Bonchev–Trinajstić information content (AvgIpc) is 2.56. The molecule has 0 radical (unpaired) electrons. The van der Waals surface area contributed by atoms with Crippen LogP contribution in [0.4, 0.5) is 5.69 Å². The van der Waals surface area contributed by atoms with E-state index in [2.05, 4.69) is 24.1 Å². The summed E-state index contributed by atoms with van der Waals surface area (Å²) in [5.74, 6) is -0.432. The molecule has 0 spiro atoms. The van der Waals surface area contributed by atoms with E-state index in [9.17, 15) is 4.79 Å². The van der Waals surface area contributed by atoms with Crippen molar-refractivity contribution in [3.63, 3.8) is 0 Å². The van der Waals surface area contributed by atoms with E-state index in [1.54, 1.807) is 6.07 Å². The Bertz CT molecular complexity index is 568. The molecule has 0 saturated carbocycles. The van der Waals surface area contributed by atoms with Crippen molar-refractivity contribution in [2.24, 2.45) is 5.73 Å². The molecule has 1 aromatic carbocycles. The molecule has 0 saturated heterocycles. The number of nitrogens with two attached hydrogens (primary N) is 1. The number of nitrogens with one attached hydrogen (secondary N) is 2. The minimum absolute atomic E-state index is 0.0769. The van der Waals surface area contributed by atoms with Crippen molar-refractivity contribution in [3.05, 3.63) is 28.7 Å². The summed E-state index contributed by atoms with van der Waals surface area (Å²) in [6.07, 6.45) is 0.868. The van der Waals surface area contributed by atoms with Crippen molar-refractivity contribution in [3.8, 4) is 0 Å². The van der Waals surface area contributed by atoms with E-state index < -0.39 is 5.76 Å². The molecule has 1 aromatic heterocycles. The van der Waals surface area contributed by atoms with Gasteiger partial charge in [-0.1, -0.05) is 0 Å². The maximum Gasteiger partial charge on any atom is 0.417 e. The number of benzene rings is 1. The molecule has 0 amide bonds. The number of anilines is 1. The lowest BCUT2D eigenvalue weighted by atomic mass is 10.0. The van der Waals surface area contributed by atoms with Crippen LogP contribution in [0.1, 0.15) is 20.3 Å². The highest BCUT2D eigenvalue weighted by Crippen LogP contribution is 2.21. The second kappa shape index (κ2) is 4.25. The van der Waals surface area contributed by atoms with Gasteiger partial charge in [0.2, 0.25) is 0 Å². The van der Waals surface area contributed by atoms with Crippen molar-refractivity contribution in [1.82, 2.24) is 4.98 Å². The first-order chi connectivity index (χ1) is 8.00. The summed E-state index contributed by atoms with van der Waals surface area (Å²) in [4.78, 5) is 13.7. The highest BCUT2D eigenvalue weighted by atomic mass is 16.4. The fourth-order valence-corrected chi connectivity index (χ4v) is 1.84. The SMILES string of the molecule is CC(C)(CCN)Nc1ccc2oc(=O)[nH]c2c1. The van der Waals surface area contributed by atoms with Crippen molar-refractivity contribution in [2.75, 3.05) is 11.9 Å². The number of rotatable bonds is 4. The minimum atomic E-state index is -0.432. The number of oxazole rings is 1. The summed E-state index contributed by atoms with van der Waals surface area (Å²) in [6.45, 7) is 4.80. The van der Waals surface area contributed by atoms with E-state index in [-0.39, 0.29) is 5.54 Å². The molecule has 5 nitrogen and oxygen atoms in total. The van der Waals surface area contributed by atoms with Gasteiger partial charge < -0.3 is 15.5 Å². The molecule has 0 atom stereocenters. The van der Waals surface area contributed by atoms with Crippen molar-refractivity contribution in [1.29, 1.82) is 0 Å². The summed E-state index contributed by atoms with van der Waals surface area (Å²) in [6, 6.07) is 5.52. The Hall–Kier alpha value is -1.75. The smallest absolute Gasteiger partial charge is 0.408 e. The number of hydrogen-bond acceptors (Lipinski definition) is 4. The van der Waals surface area contributed by atoms with Gasteiger partial charge in [0.15, 0.2) is 5.58 Å². The van der Waals surface area contributed by atoms with Crippen molar-refractivity contribution in [2.45, 2.75) is 25.8 Å². The third kappa shape index (κ3) is 2.68. The first-order valence-electron chi connectivity index (χ1n) is 5.61. The quantitative estimate of drug-likeness (QED) is 0.752. The molecule has 92 valence electrons. The van der Waals surface area contributed by atoms with E-state index in [0.29, 0.717) is 17.6 Å². The molecule has 0 aliphatic carbocycles. The zero-order valence-electron chi connectivity index (χ0n) is 10.0. The maximum absolute atomic E-state index is 11.0. The van der Waals surface area contributed by atoms with Crippen LogP contribution in [0.25, 0.3) is 11.1 Å². The predicted octanol–water partition coefficient (Wildman–Crippen LogP) is 1.66. The second-order valence-corrected chi connectivity index (χ2v) is 4.77. The second-order valence-electron chi connectivity index (χ2n) is 4.77. The van der Waals surface area contributed by atoms with Gasteiger partial charge in [0.25, 0.3) is 0 Å². The lowest BCUT2D eigenvalue weighted by molar-refractivity contribution is 0.526. The van der Waals surface area contributed by atoms with Gasteiger partial charge in [-0.05, 0) is 45.0 Å². The Labute approximate surface area is 99.0 Å². The zero-order chi connectivity index (χ0) is 12.5. The van der Waals surface area contributed by atoms with E-state index >= 15 is 0 Å². The first kappa shape index (κ1) is 11.7. The summed E-state index contributed by atoms with van der Waals surface area (Å²) in [5.41, 5.74) is 7.69. The lowest BCUT2D eigenvalue weighted by Gasteiger charge is -2.26. The van der Waals surface area contributed by atoms with Gasteiger partial charge >= 0.3 is 5.76 Å². The third-order valence-electron chi connectivity index (χ3n) is 2.67. The standard InChI is InChI=1S/C12H17N3O2/c1-12(2,5-6-13)15-8-3-4-10-9(7-8)14-11(16)17-10/h3-4,7,15H,5-6,13H2,1-2H3,(H,14,16). The molecule has 1 heterocycles. The van der Waals surface area contributed by atoms with Crippen LogP contribution in [0.2, 0.25) is 0 Å². The summed E-state index contributed by atoms with van der Waals surface area (Å²) in [7, 11) is 0. The minimum Gasteiger partial charge on any atom is -0.408 e. The molecule has 0 fully saturated rings. The van der Waals surface area contributed by atoms with Crippen LogP contribution in [0, 0.1) is 0 Å². The zero-order valence-corrected chi connectivity index (χ0v) is 10.0. The average molecular weight is 235 g/mol. The summed E-state index contributed by atoms with van der Waals surface area (Å²) >= 11 is 0. The van der Waals surface area contributed by atoms with Crippen LogP contribution in [0.5, 0.6) is 0 Å². The van der Waals surface area contributed by atoms with Crippen LogP contribution >= 0.6 is 0 Å². The van der Waals surface area contributed by atoms with Crippen LogP contribution in [0.15, 0.2) is 27.4 Å². The highest BCUT2D eigenvalue weighted by Gasteiger charge is 2.16. The number of aromatic amines is 1. The number of fused-ring (bicyclic) bond motifs is 1. The molecule has 2 rings (SSSR count). The molecular weight excluding hydrogens is 218 g/mol. The van der Waals surface area contributed by atoms with Crippen LogP contribution in [-0.2, 0) is 0 Å². The molecule has 0 bridgehead atoms. The van der Waals surface area contributed by atoms with Gasteiger partial charge in [-0.15, -0.1) is 0 Å². The monoisotopic (exact) mass is 235 g/mol. The van der Waals surface area contributed by atoms with Gasteiger partial charge in [0.05, 0.1) is 5.52 Å². The molecular formula is C12H17N3O2. The Morgan fingerprint density at radius 1 is 1.47 bits per heavy atom. The Morgan fingerprint density at radius 2 is 2.24 bits per heavy atom. The molecule has 0 aliphatic heterocycles. The largest absolute Gasteiger partial charge is 0.417 e. The van der Waals surface area contributed by atoms with Crippen molar-refractivity contribution >= 4 is 16.8 Å². The van der Waals surface area contributed by atoms with Gasteiger partial charge in [-0.3, -0.25) is 4.98 Å². The first-order valence-corrected chi connectivity index (χ1v) is 5.61. The van der Waals surface area contributed by atoms with Crippen LogP contribution in [0.3, 0.4) is 0 Å². The maximum atomic E-state index is 11.0. The van der Waals surface area contributed by atoms with Gasteiger partial charge in [-0.2, -0.15) is 0 Å². The fourth-order valence-electron chi connectivity index (χ4n) is 1.84. The molecule has 4 N–H and O–H groups in total. The van der Waals surface area contributed by atoms with E-state index in [1.807, 2.05) is 12.1 Å². The Balaban J connectivity index is 2.27. The van der Waals surface area contributed by atoms with E-state index in [1.165, 1.54) is 0 Å². The van der Waals surface area contributed by atoms with E-state index in [0.717, 1.165) is 12.1 Å². The Kier molecular flexibility index (Phi) is 2.93. The summed E-state index contributed by atoms with van der Waals surface area (Å²) in [5, 5.41) is 3.38. The number of H-pyrrole nitrogens is 1. The van der Waals surface area contributed by atoms with Gasteiger partial charge in [0, 0.05) is 11.2 Å². The molecule has 17 heavy (non-hydrogen) atoms. The lowest BCUT2D eigenvalue weighted by Crippen LogP contribution is -2.33. The summed E-state index contributed by atoms with van der Waals surface area (Å²) < 4.78 is 4.94. The molecule has 0 aliphatic rings. The van der Waals surface area contributed by atoms with Gasteiger partial charge in [-0.25, -0.2) is 4.79 Å².